The summed E-state index contributed by atoms with van der Waals surface area (Å²) in [6.45, 7) is 4.14. The van der Waals surface area contributed by atoms with Gasteiger partial charge in [-0.25, -0.2) is 4.98 Å². The highest BCUT2D eigenvalue weighted by molar-refractivity contribution is 6.05. The van der Waals surface area contributed by atoms with Gasteiger partial charge in [0.25, 0.3) is 0 Å². The maximum atomic E-state index is 10.1. The van der Waals surface area contributed by atoms with Crippen molar-refractivity contribution in [2.75, 3.05) is 0 Å². The van der Waals surface area contributed by atoms with Crippen molar-refractivity contribution in [2.24, 2.45) is 0 Å². The number of fused-ring (bicyclic) bond motifs is 3. The minimum atomic E-state index is 0.239. The first-order valence-electron chi connectivity index (χ1n) is 7.59. The number of aromatic hydroxyl groups is 1. The summed E-state index contributed by atoms with van der Waals surface area (Å²) in [6.07, 6.45) is 1.82. The predicted molar refractivity (Wildman–Crippen MR) is 93.6 cm³/mol. The second-order valence-electron chi connectivity index (χ2n) is 5.83. The standard InChI is InChI=1S/C20H16N2O/c1-12-9-10-21-19-14(12)7-8-15-13(2)11-17(22-20(15)19)16-5-3-4-6-18(16)23/h3-11,23H,1-2H3. The fourth-order valence-corrected chi connectivity index (χ4v) is 3.04. The smallest absolute Gasteiger partial charge is 0.124 e. The van der Waals surface area contributed by atoms with Crippen molar-refractivity contribution in [3.05, 3.63) is 65.9 Å². The highest BCUT2D eigenvalue weighted by atomic mass is 16.3. The van der Waals surface area contributed by atoms with E-state index in [2.05, 4.69) is 31.0 Å². The molecule has 3 nitrogen and oxygen atoms in total. The molecular formula is C20H16N2O. The van der Waals surface area contributed by atoms with Crippen LogP contribution in [0.15, 0.2) is 54.7 Å². The number of nitrogens with zero attached hydrogens (tertiary/aromatic N) is 2. The van der Waals surface area contributed by atoms with Crippen LogP contribution < -0.4 is 0 Å². The number of para-hydroxylation sites is 1. The van der Waals surface area contributed by atoms with Crippen LogP contribution in [0.2, 0.25) is 0 Å². The molecule has 0 fully saturated rings. The van der Waals surface area contributed by atoms with Gasteiger partial charge in [-0.15, -0.1) is 0 Å². The third-order valence-electron chi connectivity index (χ3n) is 4.29. The van der Waals surface area contributed by atoms with Gasteiger partial charge in [-0.05, 0) is 49.2 Å². The molecule has 0 spiro atoms. The molecule has 0 saturated carbocycles. The third-order valence-corrected chi connectivity index (χ3v) is 4.29. The van der Waals surface area contributed by atoms with Gasteiger partial charge in [0.05, 0.1) is 16.7 Å². The lowest BCUT2D eigenvalue weighted by molar-refractivity contribution is 0.477. The Balaban J connectivity index is 2.12. The molecule has 0 amide bonds. The Bertz CT molecular complexity index is 1050. The van der Waals surface area contributed by atoms with Crippen LogP contribution in [0.25, 0.3) is 33.1 Å². The van der Waals surface area contributed by atoms with Crippen LogP contribution >= 0.6 is 0 Å². The van der Waals surface area contributed by atoms with Crippen LogP contribution in [-0.2, 0) is 0 Å². The van der Waals surface area contributed by atoms with Crippen molar-refractivity contribution in [1.29, 1.82) is 0 Å². The van der Waals surface area contributed by atoms with E-state index in [-0.39, 0.29) is 5.75 Å². The highest BCUT2D eigenvalue weighted by Gasteiger charge is 2.11. The van der Waals surface area contributed by atoms with Crippen molar-refractivity contribution in [2.45, 2.75) is 13.8 Å². The molecule has 0 atom stereocenters. The molecule has 3 heteroatoms. The summed E-state index contributed by atoms with van der Waals surface area (Å²) in [6, 6.07) is 15.5. The first-order valence-corrected chi connectivity index (χ1v) is 7.59. The quantitative estimate of drug-likeness (QED) is 0.515. The molecule has 1 N–H and O–H groups in total. The summed E-state index contributed by atoms with van der Waals surface area (Å²) in [5.41, 5.74) is 5.60. The van der Waals surface area contributed by atoms with Crippen LogP contribution in [-0.4, -0.2) is 15.1 Å². The van der Waals surface area contributed by atoms with Gasteiger partial charge in [0.2, 0.25) is 0 Å². The molecule has 0 aliphatic carbocycles. The Morgan fingerprint density at radius 2 is 1.57 bits per heavy atom. The Labute approximate surface area is 134 Å². The van der Waals surface area contributed by atoms with E-state index in [1.807, 2.05) is 36.5 Å². The van der Waals surface area contributed by atoms with Gasteiger partial charge in [0.15, 0.2) is 0 Å². The van der Waals surface area contributed by atoms with Gasteiger partial charge in [-0.2, -0.15) is 0 Å². The van der Waals surface area contributed by atoms with Crippen molar-refractivity contribution >= 4 is 21.8 Å². The fourth-order valence-electron chi connectivity index (χ4n) is 3.04. The molecule has 4 rings (SSSR count). The zero-order chi connectivity index (χ0) is 16.0. The average Bonchev–Trinajstić information content (AvgIpc) is 2.55. The van der Waals surface area contributed by atoms with E-state index in [0.717, 1.165) is 38.6 Å². The Morgan fingerprint density at radius 1 is 0.826 bits per heavy atom. The molecule has 0 unspecified atom stereocenters. The molecular weight excluding hydrogens is 284 g/mol. The molecule has 0 aliphatic heterocycles. The van der Waals surface area contributed by atoms with E-state index in [0.29, 0.717) is 0 Å². The number of rotatable bonds is 1. The number of pyridine rings is 2. The van der Waals surface area contributed by atoms with Gasteiger partial charge in [-0.1, -0.05) is 24.3 Å². The van der Waals surface area contributed by atoms with Crippen molar-refractivity contribution < 1.29 is 5.11 Å². The van der Waals surface area contributed by atoms with Crippen LogP contribution in [0, 0.1) is 13.8 Å². The van der Waals surface area contributed by atoms with Crippen molar-refractivity contribution in [3.63, 3.8) is 0 Å². The summed E-state index contributed by atoms with van der Waals surface area (Å²) < 4.78 is 0. The largest absolute Gasteiger partial charge is 0.507 e. The molecule has 23 heavy (non-hydrogen) atoms. The SMILES string of the molecule is Cc1ccnc2c1ccc1c(C)cc(-c3ccccc3O)nc12. The topological polar surface area (TPSA) is 46.0 Å². The molecule has 2 heterocycles. The van der Waals surface area contributed by atoms with E-state index < -0.39 is 0 Å². The molecule has 4 aromatic rings. The Morgan fingerprint density at radius 3 is 2.35 bits per heavy atom. The zero-order valence-electron chi connectivity index (χ0n) is 13.0. The first kappa shape index (κ1) is 13.7. The number of hydrogen-bond donors (Lipinski definition) is 1. The summed E-state index contributed by atoms with van der Waals surface area (Å²) in [5, 5.41) is 12.3. The van der Waals surface area contributed by atoms with E-state index >= 15 is 0 Å². The Hall–Kier alpha value is -2.94. The number of aryl methyl sites for hydroxylation is 2. The number of benzene rings is 2. The van der Waals surface area contributed by atoms with E-state index in [4.69, 9.17) is 4.98 Å². The maximum absolute atomic E-state index is 10.1. The van der Waals surface area contributed by atoms with Gasteiger partial charge >= 0.3 is 0 Å². The van der Waals surface area contributed by atoms with Gasteiger partial charge < -0.3 is 5.11 Å². The number of hydrogen-bond acceptors (Lipinski definition) is 3. The number of phenolic OH excluding ortho intramolecular Hbond substituents is 1. The minimum absolute atomic E-state index is 0.239. The van der Waals surface area contributed by atoms with Crippen molar-refractivity contribution in [1.82, 2.24) is 9.97 Å². The summed E-state index contributed by atoms with van der Waals surface area (Å²) in [4.78, 5) is 9.36. The lowest BCUT2D eigenvalue weighted by atomic mass is 10.0. The molecule has 2 aromatic heterocycles. The lowest BCUT2D eigenvalue weighted by Gasteiger charge is -2.10. The zero-order valence-corrected chi connectivity index (χ0v) is 13.0. The van der Waals surface area contributed by atoms with Crippen LogP contribution in [0.3, 0.4) is 0 Å². The maximum Gasteiger partial charge on any atom is 0.124 e. The summed E-state index contributed by atoms with van der Waals surface area (Å²) in [7, 11) is 0. The molecule has 0 radical (unpaired) electrons. The lowest BCUT2D eigenvalue weighted by Crippen LogP contribution is -1.92. The second-order valence-corrected chi connectivity index (χ2v) is 5.83. The monoisotopic (exact) mass is 300 g/mol. The molecule has 0 aliphatic rings. The second kappa shape index (κ2) is 5.06. The number of aromatic nitrogens is 2. The summed E-state index contributed by atoms with van der Waals surface area (Å²) in [5.74, 6) is 0.239. The van der Waals surface area contributed by atoms with Crippen LogP contribution in [0.4, 0.5) is 0 Å². The van der Waals surface area contributed by atoms with Gasteiger partial charge in [0, 0.05) is 22.5 Å². The van der Waals surface area contributed by atoms with E-state index in [1.165, 1.54) is 5.56 Å². The summed E-state index contributed by atoms with van der Waals surface area (Å²) >= 11 is 0. The van der Waals surface area contributed by atoms with Crippen molar-refractivity contribution in [3.8, 4) is 17.0 Å². The van der Waals surface area contributed by atoms with Gasteiger partial charge in [0.1, 0.15) is 5.75 Å². The third kappa shape index (κ3) is 2.13. The van der Waals surface area contributed by atoms with Gasteiger partial charge in [-0.3, -0.25) is 4.98 Å². The Kier molecular flexibility index (Phi) is 3.01. The molecule has 0 bridgehead atoms. The first-order chi connectivity index (χ1) is 11.1. The highest BCUT2D eigenvalue weighted by Crippen LogP contribution is 2.32. The molecule has 0 saturated heterocycles. The number of phenols is 1. The van der Waals surface area contributed by atoms with E-state index in [9.17, 15) is 5.11 Å². The minimum Gasteiger partial charge on any atom is -0.507 e. The normalized spacial score (nSPS) is 11.2. The predicted octanol–water partition coefficient (Wildman–Crippen LogP) is 4.77. The average molecular weight is 300 g/mol. The van der Waals surface area contributed by atoms with E-state index in [1.54, 1.807) is 6.07 Å². The molecule has 2 aromatic carbocycles. The molecule has 112 valence electrons. The van der Waals surface area contributed by atoms with Crippen LogP contribution in [0.1, 0.15) is 11.1 Å². The fraction of sp³-hybridized carbons (Fsp3) is 0.100. The van der Waals surface area contributed by atoms with Crippen LogP contribution in [0.5, 0.6) is 5.75 Å².